The third-order valence-electron chi connectivity index (χ3n) is 3.10. The molecule has 0 saturated carbocycles. The lowest BCUT2D eigenvalue weighted by Crippen LogP contribution is -2.30. The Kier molecular flexibility index (Phi) is 2.91. The molecule has 1 aromatic carbocycles. The fourth-order valence-electron chi connectivity index (χ4n) is 2.10. The monoisotopic (exact) mass is 208 g/mol. The molecule has 0 aromatic heterocycles. The minimum atomic E-state index is -0.138. The van der Waals surface area contributed by atoms with Crippen molar-refractivity contribution in [2.75, 3.05) is 25.5 Å². The summed E-state index contributed by atoms with van der Waals surface area (Å²) in [7, 11) is 1.76. The molecule has 2 nitrogen and oxygen atoms in total. The predicted molar refractivity (Wildman–Crippen MR) is 60.6 cm³/mol. The molecule has 1 aliphatic heterocycles. The van der Waals surface area contributed by atoms with Gasteiger partial charge in [-0.15, -0.1) is 0 Å². The zero-order valence-corrected chi connectivity index (χ0v) is 9.31. The van der Waals surface area contributed by atoms with E-state index in [1.807, 2.05) is 6.07 Å². The van der Waals surface area contributed by atoms with Gasteiger partial charge in [0.15, 0.2) is 0 Å². The first-order valence-electron chi connectivity index (χ1n) is 5.46. The maximum atomic E-state index is 13.5. The van der Waals surface area contributed by atoms with Gasteiger partial charge in [-0.05, 0) is 36.2 Å². The topological polar surface area (TPSA) is 15.3 Å². The van der Waals surface area contributed by atoms with Gasteiger partial charge in [-0.3, -0.25) is 4.90 Å². The first-order valence-corrected chi connectivity index (χ1v) is 5.46. The lowest BCUT2D eigenvalue weighted by atomic mass is 9.99. The van der Waals surface area contributed by atoms with Crippen LogP contribution in [0.1, 0.15) is 18.1 Å². The average Bonchev–Trinajstić information content (AvgIpc) is 2.27. The van der Waals surface area contributed by atoms with E-state index in [-0.39, 0.29) is 5.82 Å². The Bertz CT molecular complexity index is 363. The minimum absolute atomic E-state index is 0.138. The standard InChI is InChI=1S/C12H17FN2/c1-3-15-5-4-9-6-11(13)12(14-2)7-10(9)8-15/h6-7,14H,3-5,8H2,1-2H3. The van der Waals surface area contributed by atoms with Crippen LogP contribution in [-0.2, 0) is 13.0 Å². The first kappa shape index (κ1) is 10.4. The number of hydrogen-bond donors (Lipinski definition) is 1. The van der Waals surface area contributed by atoms with Crippen LogP contribution >= 0.6 is 0 Å². The Morgan fingerprint density at radius 2 is 2.20 bits per heavy atom. The maximum absolute atomic E-state index is 13.5. The molecule has 1 aliphatic rings. The summed E-state index contributed by atoms with van der Waals surface area (Å²) in [5, 5.41) is 2.88. The number of hydrogen-bond acceptors (Lipinski definition) is 2. The Labute approximate surface area is 90.1 Å². The Hall–Kier alpha value is -1.09. The first-order chi connectivity index (χ1) is 7.24. The molecular formula is C12H17FN2. The van der Waals surface area contributed by atoms with Gasteiger partial charge in [0.1, 0.15) is 5.82 Å². The Morgan fingerprint density at radius 3 is 2.87 bits per heavy atom. The molecular weight excluding hydrogens is 191 g/mol. The second kappa shape index (κ2) is 4.19. The van der Waals surface area contributed by atoms with Crippen molar-refractivity contribution in [1.29, 1.82) is 0 Å². The molecule has 0 unspecified atom stereocenters. The highest BCUT2D eigenvalue weighted by Gasteiger charge is 2.16. The van der Waals surface area contributed by atoms with Crippen molar-refractivity contribution in [3.63, 3.8) is 0 Å². The molecule has 2 rings (SSSR count). The fourth-order valence-corrected chi connectivity index (χ4v) is 2.10. The Balaban J connectivity index is 2.33. The van der Waals surface area contributed by atoms with Gasteiger partial charge in [0, 0.05) is 20.1 Å². The van der Waals surface area contributed by atoms with Gasteiger partial charge in [0.05, 0.1) is 5.69 Å². The van der Waals surface area contributed by atoms with Gasteiger partial charge >= 0.3 is 0 Å². The average molecular weight is 208 g/mol. The van der Waals surface area contributed by atoms with E-state index in [1.54, 1.807) is 13.1 Å². The number of nitrogens with one attached hydrogen (secondary N) is 1. The van der Waals surface area contributed by atoms with E-state index in [1.165, 1.54) is 5.56 Å². The number of likely N-dealkylation sites (N-methyl/N-ethyl adjacent to an activating group) is 1. The van der Waals surface area contributed by atoms with Gasteiger partial charge in [0.2, 0.25) is 0 Å². The molecule has 0 atom stereocenters. The predicted octanol–water partition coefficient (Wildman–Crippen LogP) is 2.25. The fraction of sp³-hybridized carbons (Fsp3) is 0.500. The van der Waals surface area contributed by atoms with E-state index in [0.29, 0.717) is 5.69 Å². The zero-order chi connectivity index (χ0) is 10.8. The second-order valence-electron chi connectivity index (χ2n) is 3.97. The summed E-state index contributed by atoms with van der Waals surface area (Å²) in [6.07, 6.45) is 0.962. The number of fused-ring (bicyclic) bond motifs is 1. The summed E-state index contributed by atoms with van der Waals surface area (Å²) >= 11 is 0. The third-order valence-corrected chi connectivity index (χ3v) is 3.10. The highest BCUT2D eigenvalue weighted by atomic mass is 19.1. The summed E-state index contributed by atoms with van der Waals surface area (Å²) in [6.45, 7) is 5.21. The highest BCUT2D eigenvalue weighted by Crippen LogP contribution is 2.24. The van der Waals surface area contributed by atoms with E-state index >= 15 is 0 Å². The second-order valence-corrected chi connectivity index (χ2v) is 3.97. The van der Waals surface area contributed by atoms with Crippen LogP contribution in [0.15, 0.2) is 12.1 Å². The molecule has 0 aliphatic carbocycles. The minimum Gasteiger partial charge on any atom is -0.386 e. The SMILES string of the molecule is CCN1CCc2cc(F)c(NC)cc2C1. The molecule has 1 heterocycles. The highest BCUT2D eigenvalue weighted by molar-refractivity contribution is 5.50. The third kappa shape index (κ3) is 1.97. The van der Waals surface area contributed by atoms with Crippen LogP contribution in [0, 0.1) is 5.82 Å². The lowest BCUT2D eigenvalue weighted by molar-refractivity contribution is 0.268. The smallest absolute Gasteiger partial charge is 0.146 e. The number of anilines is 1. The van der Waals surface area contributed by atoms with Crippen LogP contribution < -0.4 is 5.32 Å². The molecule has 0 radical (unpaired) electrons. The van der Waals surface area contributed by atoms with E-state index < -0.39 is 0 Å². The normalized spacial score (nSPS) is 16.2. The van der Waals surface area contributed by atoms with E-state index in [2.05, 4.69) is 17.1 Å². The summed E-state index contributed by atoms with van der Waals surface area (Å²) < 4.78 is 13.5. The van der Waals surface area contributed by atoms with E-state index in [9.17, 15) is 4.39 Å². The van der Waals surface area contributed by atoms with Crippen LogP contribution in [0.2, 0.25) is 0 Å². The molecule has 0 saturated heterocycles. The van der Waals surface area contributed by atoms with Gasteiger partial charge < -0.3 is 5.32 Å². The van der Waals surface area contributed by atoms with Crippen LogP contribution in [-0.4, -0.2) is 25.0 Å². The van der Waals surface area contributed by atoms with Crippen molar-refractivity contribution in [2.24, 2.45) is 0 Å². The van der Waals surface area contributed by atoms with Crippen molar-refractivity contribution >= 4 is 5.69 Å². The summed E-state index contributed by atoms with van der Waals surface area (Å²) in [5.74, 6) is -0.138. The molecule has 0 amide bonds. The van der Waals surface area contributed by atoms with Crippen LogP contribution in [0.3, 0.4) is 0 Å². The number of nitrogens with zero attached hydrogens (tertiary/aromatic N) is 1. The summed E-state index contributed by atoms with van der Waals surface area (Å²) in [6, 6.07) is 3.61. The molecule has 0 bridgehead atoms. The molecule has 1 N–H and O–H groups in total. The summed E-state index contributed by atoms with van der Waals surface area (Å²) in [5.41, 5.74) is 3.02. The van der Waals surface area contributed by atoms with Crippen LogP contribution in [0.4, 0.5) is 10.1 Å². The molecule has 0 spiro atoms. The zero-order valence-electron chi connectivity index (χ0n) is 9.31. The van der Waals surface area contributed by atoms with Gasteiger partial charge in [-0.1, -0.05) is 6.92 Å². The molecule has 15 heavy (non-hydrogen) atoms. The molecule has 82 valence electrons. The molecule has 0 fully saturated rings. The van der Waals surface area contributed by atoms with Gasteiger partial charge in [-0.25, -0.2) is 4.39 Å². The lowest BCUT2D eigenvalue weighted by Gasteiger charge is -2.28. The van der Waals surface area contributed by atoms with Crippen molar-refractivity contribution in [3.05, 3.63) is 29.1 Å². The number of rotatable bonds is 2. The van der Waals surface area contributed by atoms with Crippen molar-refractivity contribution in [3.8, 4) is 0 Å². The maximum Gasteiger partial charge on any atom is 0.146 e. The number of halogens is 1. The molecule has 1 aromatic rings. The number of benzene rings is 1. The van der Waals surface area contributed by atoms with Crippen molar-refractivity contribution in [2.45, 2.75) is 19.9 Å². The van der Waals surface area contributed by atoms with Crippen LogP contribution in [0.25, 0.3) is 0 Å². The molecule has 3 heteroatoms. The largest absolute Gasteiger partial charge is 0.386 e. The van der Waals surface area contributed by atoms with Gasteiger partial charge in [-0.2, -0.15) is 0 Å². The summed E-state index contributed by atoms with van der Waals surface area (Å²) in [4.78, 5) is 2.37. The Morgan fingerprint density at radius 1 is 1.40 bits per heavy atom. The van der Waals surface area contributed by atoms with Crippen molar-refractivity contribution in [1.82, 2.24) is 4.90 Å². The van der Waals surface area contributed by atoms with Crippen molar-refractivity contribution < 1.29 is 4.39 Å². The quantitative estimate of drug-likeness (QED) is 0.802. The van der Waals surface area contributed by atoms with Gasteiger partial charge in [0.25, 0.3) is 0 Å². The van der Waals surface area contributed by atoms with E-state index in [0.717, 1.165) is 31.6 Å². The van der Waals surface area contributed by atoms with E-state index in [4.69, 9.17) is 0 Å². The van der Waals surface area contributed by atoms with Crippen LogP contribution in [0.5, 0.6) is 0 Å².